The molecule has 1 unspecified atom stereocenters. The Bertz CT molecular complexity index is 747. The molecule has 0 aromatic heterocycles. The molecule has 0 radical (unpaired) electrons. The smallest absolute Gasteiger partial charge is 0.326 e. The molecule has 2 fully saturated rings. The molecule has 3 amide bonds. The maximum atomic E-state index is 13.5. The zero-order valence-corrected chi connectivity index (χ0v) is 15.7. The molecular weight excluding hydrogens is 377 g/mol. The van der Waals surface area contributed by atoms with Gasteiger partial charge in [-0.05, 0) is 37.8 Å². The van der Waals surface area contributed by atoms with E-state index < -0.39 is 35.2 Å². The standard InChI is InChI=1S/C18H22FN3O4.ClH/c1-11(22-9-12-5-4-8-18(12,10-22)16(24)25)15(23)21-17(26)20-14-7-3-2-6-13(14)19;/h2-3,6-7,11-12H,4-5,8-10H2,1H3,(H,24,25)(H2,20,21,23,26);1H/t11?,12-,18+;/m0./s1. The Kier molecular flexibility index (Phi) is 6.43. The maximum absolute atomic E-state index is 13.5. The molecule has 2 aliphatic rings. The maximum Gasteiger partial charge on any atom is 0.326 e. The van der Waals surface area contributed by atoms with Gasteiger partial charge in [0.15, 0.2) is 0 Å². The van der Waals surface area contributed by atoms with Gasteiger partial charge in [0, 0.05) is 13.1 Å². The molecule has 3 N–H and O–H groups in total. The van der Waals surface area contributed by atoms with Gasteiger partial charge in [-0.25, -0.2) is 9.18 Å². The normalized spacial score (nSPS) is 25.2. The van der Waals surface area contributed by atoms with E-state index in [1.807, 2.05) is 4.90 Å². The number of likely N-dealkylation sites (tertiary alicyclic amines) is 1. The fourth-order valence-corrected chi connectivity index (χ4v) is 4.07. The molecular formula is C18H23ClFN3O4. The number of carboxylic acid groups (broad SMARTS) is 1. The topological polar surface area (TPSA) is 98.7 Å². The van der Waals surface area contributed by atoms with Crippen molar-refractivity contribution in [1.29, 1.82) is 0 Å². The minimum atomic E-state index is -0.820. The van der Waals surface area contributed by atoms with E-state index in [-0.39, 0.29) is 24.0 Å². The van der Waals surface area contributed by atoms with Crippen molar-refractivity contribution in [3.05, 3.63) is 30.1 Å². The first-order valence-electron chi connectivity index (χ1n) is 8.67. The van der Waals surface area contributed by atoms with Gasteiger partial charge in [-0.15, -0.1) is 12.4 Å². The number of para-hydroxylation sites is 1. The summed E-state index contributed by atoms with van der Waals surface area (Å²) in [5, 5.41) is 14.1. The summed E-state index contributed by atoms with van der Waals surface area (Å²) in [7, 11) is 0. The molecule has 27 heavy (non-hydrogen) atoms. The summed E-state index contributed by atoms with van der Waals surface area (Å²) >= 11 is 0. The Labute approximate surface area is 162 Å². The van der Waals surface area contributed by atoms with Crippen LogP contribution in [0.1, 0.15) is 26.2 Å². The summed E-state index contributed by atoms with van der Waals surface area (Å²) in [6, 6.07) is 4.18. The number of benzene rings is 1. The molecule has 0 bridgehead atoms. The second-order valence-corrected chi connectivity index (χ2v) is 7.08. The molecule has 1 heterocycles. The van der Waals surface area contributed by atoms with E-state index in [9.17, 15) is 23.9 Å². The highest BCUT2D eigenvalue weighted by Crippen LogP contribution is 2.49. The number of urea groups is 1. The Hall–Kier alpha value is -2.19. The molecule has 148 valence electrons. The van der Waals surface area contributed by atoms with Gasteiger partial charge in [-0.1, -0.05) is 18.6 Å². The number of nitrogens with one attached hydrogen (secondary N) is 2. The number of nitrogens with zero attached hydrogens (tertiary/aromatic N) is 1. The predicted octanol–water partition coefficient (Wildman–Crippen LogP) is 2.47. The minimum Gasteiger partial charge on any atom is -0.481 e. The summed E-state index contributed by atoms with van der Waals surface area (Å²) in [6.07, 6.45) is 2.34. The number of amides is 3. The Morgan fingerprint density at radius 1 is 1.33 bits per heavy atom. The SMILES string of the molecule is CC(C(=O)NC(=O)Nc1ccccc1F)N1C[C@@H]2CCC[C@@]2(C(=O)O)C1.Cl. The Morgan fingerprint density at radius 3 is 2.67 bits per heavy atom. The molecule has 1 saturated heterocycles. The second kappa shape index (κ2) is 8.22. The van der Waals surface area contributed by atoms with Crippen molar-refractivity contribution in [2.45, 2.75) is 32.2 Å². The molecule has 3 rings (SSSR count). The van der Waals surface area contributed by atoms with E-state index >= 15 is 0 Å². The third-order valence-corrected chi connectivity index (χ3v) is 5.61. The van der Waals surface area contributed by atoms with Gasteiger partial charge < -0.3 is 10.4 Å². The number of fused-ring (bicyclic) bond motifs is 1. The number of hydrogen-bond acceptors (Lipinski definition) is 4. The van der Waals surface area contributed by atoms with Gasteiger partial charge in [0.05, 0.1) is 17.1 Å². The van der Waals surface area contributed by atoms with Crippen LogP contribution < -0.4 is 10.6 Å². The van der Waals surface area contributed by atoms with E-state index in [1.165, 1.54) is 18.2 Å². The average molecular weight is 400 g/mol. The summed E-state index contributed by atoms with van der Waals surface area (Å²) in [4.78, 5) is 37.8. The molecule has 3 atom stereocenters. The minimum absolute atomic E-state index is 0. The van der Waals surface area contributed by atoms with Crippen molar-refractivity contribution in [2.24, 2.45) is 11.3 Å². The molecule has 1 aromatic carbocycles. The Morgan fingerprint density at radius 2 is 2.04 bits per heavy atom. The zero-order chi connectivity index (χ0) is 18.9. The predicted molar refractivity (Wildman–Crippen MR) is 99.3 cm³/mol. The fraction of sp³-hybridized carbons (Fsp3) is 0.500. The van der Waals surface area contributed by atoms with Gasteiger partial charge in [-0.2, -0.15) is 0 Å². The number of anilines is 1. The van der Waals surface area contributed by atoms with Crippen LogP contribution in [0.5, 0.6) is 0 Å². The molecule has 1 aliphatic carbocycles. The van der Waals surface area contributed by atoms with E-state index in [0.29, 0.717) is 19.5 Å². The van der Waals surface area contributed by atoms with E-state index in [4.69, 9.17) is 0 Å². The monoisotopic (exact) mass is 399 g/mol. The lowest BCUT2D eigenvalue weighted by molar-refractivity contribution is -0.149. The third kappa shape index (κ3) is 4.06. The van der Waals surface area contributed by atoms with Gasteiger partial charge in [0.1, 0.15) is 5.82 Å². The number of imide groups is 1. The van der Waals surface area contributed by atoms with Crippen LogP contribution in [-0.4, -0.2) is 47.0 Å². The zero-order valence-electron chi connectivity index (χ0n) is 14.9. The van der Waals surface area contributed by atoms with Crippen molar-refractivity contribution in [2.75, 3.05) is 18.4 Å². The molecule has 9 heteroatoms. The lowest BCUT2D eigenvalue weighted by Crippen LogP contribution is -2.48. The van der Waals surface area contributed by atoms with E-state index in [0.717, 1.165) is 12.8 Å². The number of aliphatic carboxylic acids is 1. The molecule has 1 saturated carbocycles. The third-order valence-electron chi connectivity index (χ3n) is 5.61. The quantitative estimate of drug-likeness (QED) is 0.722. The van der Waals surface area contributed by atoms with Gasteiger partial charge in [0.2, 0.25) is 5.91 Å². The second-order valence-electron chi connectivity index (χ2n) is 7.08. The van der Waals surface area contributed by atoms with E-state index in [2.05, 4.69) is 10.6 Å². The first kappa shape index (κ1) is 21.1. The fourth-order valence-electron chi connectivity index (χ4n) is 4.07. The van der Waals surface area contributed by atoms with Crippen LogP contribution in [-0.2, 0) is 9.59 Å². The molecule has 7 nitrogen and oxygen atoms in total. The molecule has 1 aromatic rings. The summed E-state index contributed by atoms with van der Waals surface area (Å²) < 4.78 is 13.5. The first-order valence-corrected chi connectivity index (χ1v) is 8.67. The number of hydrogen-bond donors (Lipinski definition) is 3. The Balaban J connectivity index is 0.00000261. The van der Waals surface area contributed by atoms with Crippen LogP contribution in [0.15, 0.2) is 24.3 Å². The van der Waals surface area contributed by atoms with Crippen LogP contribution >= 0.6 is 12.4 Å². The number of carbonyl (C=O) groups excluding carboxylic acids is 2. The van der Waals surface area contributed by atoms with Crippen molar-refractivity contribution in [3.63, 3.8) is 0 Å². The van der Waals surface area contributed by atoms with Crippen LogP contribution in [0.4, 0.5) is 14.9 Å². The summed E-state index contributed by atoms with van der Waals surface area (Å²) in [5.74, 6) is -1.92. The first-order chi connectivity index (χ1) is 12.3. The highest BCUT2D eigenvalue weighted by molar-refractivity contribution is 6.02. The van der Waals surface area contributed by atoms with Crippen LogP contribution in [0.2, 0.25) is 0 Å². The summed E-state index contributed by atoms with van der Waals surface area (Å²) in [5.41, 5.74) is -0.810. The lowest BCUT2D eigenvalue weighted by Gasteiger charge is -2.26. The molecule has 0 spiro atoms. The number of carboxylic acids is 1. The van der Waals surface area contributed by atoms with Gasteiger partial charge in [-0.3, -0.25) is 19.8 Å². The number of halogens is 2. The van der Waals surface area contributed by atoms with Gasteiger partial charge in [0.25, 0.3) is 0 Å². The highest BCUT2D eigenvalue weighted by atomic mass is 35.5. The largest absolute Gasteiger partial charge is 0.481 e. The van der Waals surface area contributed by atoms with Crippen molar-refractivity contribution in [1.82, 2.24) is 10.2 Å². The van der Waals surface area contributed by atoms with Crippen LogP contribution in [0.25, 0.3) is 0 Å². The number of carbonyl (C=O) groups is 3. The number of rotatable bonds is 4. The van der Waals surface area contributed by atoms with E-state index in [1.54, 1.807) is 13.0 Å². The van der Waals surface area contributed by atoms with Crippen molar-refractivity contribution >= 4 is 36.0 Å². The molecule has 1 aliphatic heterocycles. The summed E-state index contributed by atoms with van der Waals surface area (Å²) in [6.45, 7) is 2.47. The van der Waals surface area contributed by atoms with Gasteiger partial charge >= 0.3 is 12.0 Å². The van der Waals surface area contributed by atoms with Crippen LogP contribution in [0.3, 0.4) is 0 Å². The van der Waals surface area contributed by atoms with Crippen molar-refractivity contribution < 1.29 is 23.9 Å². The van der Waals surface area contributed by atoms with Crippen LogP contribution in [0, 0.1) is 17.2 Å². The average Bonchev–Trinajstić information content (AvgIpc) is 3.14. The van der Waals surface area contributed by atoms with Crippen molar-refractivity contribution in [3.8, 4) is 0 Å². The highest BCUT2D eigenvalue weighted by Gasteiger charge is 2.55. The lowest BCUT2D eigenvalue weighted by atomic mass is 9.81.